The second-order valence-corrected chi connectivity index (χ2v) is 2.94. The normalized spacial score (nSPS) is 14.7. The molecule has 64 valence electrons. The van der Waals surface area contributed by atoms with E-state index in [9.17, 15) is 4.79 Å². The van der Waals surface area contributed by atoms with Crippen molar-refractivity contribution in [3.63, 3.8) is 0 Å². The van der Waals surface area contributed by atoms with Crippen LogP contribution in [0, 0.1) is 5.92 Å². The van der Waals surface area contributed by atoms with E-state index < -0.39 is 5.97 Å². The van der Waals surface area contributed by atoms with Gasteiger partial charge in [0.15, 0.2) is 0 Å². The Kier molecular flexibility index (Phi) is 4.59. The summed E-state index contributed by atoms with van der Waals surface area (Å²) in [5.41, 5.74) is 0.176. The smallest absolute Gasteiger partial charge is 0.330 e. The Morgan fingerprint density at radius 3 is 2.00 bits per heavy atom. The summed E-state index contributed by atoms with van der Waals surface area (Å²) in [6.07, 6.45) is 4.44. The van der Waals surface area contributed by atoms with Gasteiger partial charge in [0, 0.05) is 5.57 Å². The predicted molar refractivity (Wildman–Crippen MR) is 45.5 cm³/mol. The molecule has 0 heterocycles. The lowest BCUT2D eigenvalue weighted by Gasteiger charge is -1.79. The summed E-state index contributed by atoms with van der Waals surface area (Å²) in [5.74, 6) is 0.199. The Hall–Kier alpha value is -0.790. The molecule has 0 aliphatic heterocycles. The maximum atomic E-state index is 9.60. The number of hydrogen-bond donors (Lipinski definition) is 1. The summed E-state index contributed by atoms with van der Waals surface area (Å²) in [6.45, 7) is 6.86. The average Bonchev–Trinajstić information content (AvgIpc) is 2.70. The van der Waals surface area contributed by atoms with Gasteiger partial charge in [0.05, 0.1) is 0 Å². The molecule has 0 aromatic carbocycles. The van der Waals surface area contributed by atoms with Crippen molar-refractivity contribution in [3.05, 3.63) is 12.2 Å². The van der Waals surface area contributed by atoms with E-state index in [1.54, 1.807) is 0 Å². The third-order valence-electron chi connectivity index (χ3n) is 1.64. The molecule has 0 saturated heterocycles. The highest BCUT2D eigenvalue weighted by Crippen LogP contribution is 2.31. The van der Waals surface area contributed by atoms with Crippen molar-refractivity contribution in [2.75, 3.05) is 0 Å². The van der Waals surface area contributed by atoms with Crippen LogP contribution in [0.1, 0.15) is 33.1 Å². The van der Waals surface area contributed by atoms with Gasteiger partial charge in [0.1, 0.15) is 0 Å². The molecule has 11 heavy (non-hydrogen) atoms. The van der Waals surface area contributed by atoms with Gasteiger partial charge in [-0.2, -0.15) is 0 Å². The Labute approximate surface area is 67.9 Å². The highest BCUT2D eigenvalue weighted by atomic mass is 16.4. The van der Waals surface area contributed by atoms with Crippen molar-refractivity contribution in [2.45, 2.75) is 33.1 Å². The van der Waals surface area contributed by atoms with Crippen molar-refractivity contribution < 1.29 is 9.90 Å². The molecule has 0 bridgehead atoms. The fourth-order valence-electron chi connectivity index (χ4n) is 0.526. The monoisotopic (exact) mass is 156 g/mol. The van der Waals surface area contributed by atoms with Gasteiger partial charge in [-0.05, 0) is 12.8 Å². The fourth-order valence-corrected chi connectivity index (χ4v) is 0.526. The standard InChI is InChI=1S/C5H10.C4H6O2/c1-2-5-3-4-5;1-3(2)4(5)6/h5H,2-4H2,1H3;1H2,2H3,(H,5,6). The van der Waals surface area contributed by atoms with Crippen LogP contribution in [0.4, 0.5) is 0 Å². The first-order valence-electron chi connectivity index (χ1n) is 3.96. The minimum absolute atomic E-state index is 0.176. The lowest BCUT2D eigenvalue weighted by atomic mass is 10.3. The topological polar surface area (TPSA) is 37.3 Å². The SMILES string of the molecule is C=C(C)C(=O)O.CCC1CC1. The van der Waals surface area contributed by atoms with Crippen LogP contribution < -0.4 is 0 Å². The highest BCUT2D eigenvalue weighted by Gasteiger charge is 2.17. The predicted octanol–water partition coefficient (Wildman–Crippen LogP) is 2.45. The summed E-state index contributed by atoms with van der Waals surface area (Å²) in [5, 5.41) is 7.89. The molecule has 1 aliphatic carbocycles. The second-order valence-electron chi connectivity index (χ2n) is 2.94. The van der Waals surface area contributed by atoms with E-state index in [0.717, 1.165) is 5.92 Å². The average molecular weight is 156 g/mol. The summed E-state index contributed by atoms with van der Waals surface area (Å²) in [7, 11) is 0. The van der Waals surface area contributed by atoms with E-state index in [2.05, 4.69) is 13.5 Å². The highest BCUT2D eigenvalue weighted by molar-refractivity contribution is 5.84. The molecule has 0 spiro atoms. The molecular formula is C9H16O2. The van der Waals surface area contributed by atoms with Crippen LogP contribution in [0.2, 0.25) is 0 Å². The minimum Gasteiger partial charge on any atom is -0.478 e. The maximum Gasteiger partial charge on any atom is 0.330 e. The number of carboxylic acid groups (broad SMARTS) is 1. The number of hydrogen-bond acceptors (Lipinski definition) is 1. The van der Waals surface area contributed by atoms with E-state index in [4.69, 9.17) is 5.11 Å². The molecule has 0 radical (unpaired) electrons. The summed E-state index contributed by atoms with van der Waals surface area (Å²) >= 11 is 0. The molecule has 0 unspecified atom stereocenters. The van der Waals surface area contributed by atoms with Gasteiger partial charge in [-0.15, -0.1) is 0 Å². The molecule has 0 atom stereocenters. The zero-order valence-corrected chi connectivity index (χ0v) is 7.26. The zero-order chi connectivity index (χ0) is 8.85. The van der Waals surface area contributed by atoms with Crippen LogP contribution in [-0.4, -0.2) is 11.1 Å². The van der Waals surface area contributed by atoms with E-state index in [-0.39, 0.29) is 5.57 Å². The lowest BCUT2D eigenvalue weighted by molar-refractivity contribution is -0.132. The van der Waals surface area contributed by atoms with Crippen LogP contribution in [0.25, 0.3) is 0 Å². The van der Waals surface area contributed by atoms with Crippen molar-refractivity contribution >= 4 is 5.97 Å². The molecule has 2 nitrogen and oxygen atoms in total. The number of carbonyl (C=O) groups is 1. The van der Waals surface area contributed by atoms with Crippen molar-refractivity contribution in [1.29, 1.82) is 0 Å². The summed E-state index contributed by atoms with van der Waals surface area (Å²) < 4.78 is 0. The van der Waals surface area contributed by atoms with E-state index in [0.29, 0.717) is 0 Å². The number of rotatable bonds is 2. The molecule has 0 aromatic rings. The van der Waals surface area contributed by atoms with Crippen LogP contribution in [0.15, 0.2) is 12.2 Å². The first-order chi connectivity index (χ1) is 5.07. The quantitative estimate of drug-likeness (QED) is 0.623. The molecule has 0 amide bonds. The third kappa shape index (κ3) is 7.10. The summed E-state index contributed by atoms with van der Waals surface area (Å²) in [4.78, 5) is 9.60. The van der Waals surface area contributed by atoms with Crippen LogP contribution in [0.5, 0.6) is 0 Å². The fraction of sp³-hybridized carbons (Fsp3) is 0.667. The van der Waals surface area contributed by atoms with Crippen molar-refractivity contribution in [2.24, 2.45) is 5.92 Å². The van der Waals surface area contributed by atoms with Gasteiger partial charge in [0.2, 0.25) is 0 Å². The van der Waals surface area contributed by atoms with Gasteiger partial charge in [-0.1, -0.05) is 32.8 Å². The Morgan fingerprint density at radius 1 is 1.64 bits per heavy atom. The summed E-state index contributed by atoms with van der Waals surface area (Å²) in [6, 6.07) is 0. The molecule has 1 fully saturated rings. The van der Waals surface area contributed by atoms with E-state index in [1.165, 1.54) is 26.2 Å². The first-order valence-corrected chi connectivity index (χ1v) is 3.96. The second kappa shape index (κ2) is 4.94. The van der Waals surface area contributed by atoms with Gasteiger partial charge >= 0.3 is 5.97 Å². The van der Waals surface area contributed by atoms with Crippen LogP contribution >= 0.6 is 0 Å². The molecule has 0 aromatic heterocycles. The van der Waals surface area contributed by atoms with Crippen LogP contribution in [-0.2, 0) is 4.79 Å². The zero-order valence-electron chi connectivity index (χ0n) is 7.26. The van der Waals surface area contributed by atoms with Gasteiger partial charge in [-0.3, -0.25) is 0 Å². The molecule has 2 heteroatoms. The Balaban J connectivity index is 0.000000183. The Bertz CT molecular complexity index is 134. The number of aliphatic carboxylic acids is 1. The Morgan fingerprint density at radius 2 is 2.00 bits per heavy atom. The minimum atomic E-state index is -0.935. The van der Waals surface area contributed by atoms with Crippen LogP contribution in [0.3, 0.4) is 0 Å². The molecule has 1 saturated carbocycles. The van der Waals surface area contributed by atoms with Gasteiger partial charge in [0.25, 0.3) is 0 Å². The van der Waals surface area contributed by atoms with Crippen molar-refractivity contribution in [3.8, 4) is 0 Å². The van der Waals surface area contributed by atoms with Gasteiger partial charge in [-0.25, -0.2) is 4.79 Å². The molecule has 1 N–H and O–H groups in total. The first kappa shape index (κ1) is 10.2. The molecule has 1 rings (SSSR count). The van der Waals surface area contributed by atoms with E-state index >= 15 is 0 Å². The van der Waals surface area contributed by atoms with Crippen molar-refractivity contribution in [1.82, 2.24) is 0 Å². The van der Waals surface area contributed by atoms with E-state index in [1.807, 2.05) is 0 Å². The molecular weight excluding hydrogens is 140 g/mol. The third-order valence-corrected chi connectivity index (χ3v) is 1.64. The maximum absolute atomic E-state index is 9.60. The number of carboxylic acids is 1. The lowest BCUT2D eigenvalue weighted by Crippen LogP contribution is -1.92. The largest absolute Gasteiger partial charge is 0.478 e. The van der Waals surface area contributed by atoms with Gasteiger partial charge < -0.3 is 5.11 Å². The molecule has 1 aliphatic rings.